The van der Waals surface area contributed by atoms with Crippen LogP contribution in [0.3, 0.4) is 0 Å². The normalized spacial score (nSPS) is 17.5. The highest BCUT2D eigenvalue weighted by atomic mass is 16.7. The predicted molar refractivity (Wildman–Crippen MR) is 101 cm³/mol. The van der Waals surface area contributed by atoms with E-state index in [1.54, 1.807) is 26.0 Å². The maximum Gasteiger partial charge on any atom is 0.223 e. The van der Waals surface area contributed by atoms with Gasteiger partial charge in [-0.2, -0.15) is 0 Å². The topological polar surface area (TPSA) is 101 Å². The Balaban J connectivity index is 1.78. The Morgan fingerprint density at radius 1 is 1.33 bits per heavy atom. The van der Waals surface area contributed by atoms with Crippen LogP contribution in [0.15, 0.2) is 12.1 Å². The molecule has 1 fully saturated rings. The molecule has 7 nitrogen and oxygen atoms in total. The molecule has 150 valence electrons. The lowest BCUT2D eigenvalue weighted by Crippen LogP contribution is -2.34. The summed E-state index contributed by atoms with van der Waals surface area (Å²) in [5, 5.41) is 0. The summed E-state index contributed by atoms with van der Waals surface area (Å²) in [7, 11) is 0. The standard InChI is InChI=1S/C20H30N2O5/c1-20(2,19(21)24)13-16-15(14-23)8-9-17(22-16)25-10-5-6-12-27-18-7-3-4-11-26-18/h8-9,14,18H,3-7,10-13H2,1-2H3,(H2,21,24). The number of rotatable bonds is 11. The number of ether oxygens (including phenoxy) is 3. The van der Waals surface area contributed by atoms with Gasteiger partial charge in [0.05, 0.1) is 12.3 Å². The molecule has 1 unspecified atom stereocenters. The van der Waals surface area contributed by atoms with Crippen molar-refractivity contribution in [3.8, 4) is 5.88 Å². The quantitative estimate of drug-likeness (QED) is 0.469. The van der Waals surface area contributed by atoms with Crippen molar-refractivity contribution < 1.29 is 23.8 Å². The number of hydrogen-bond donors (Lipinski definition) is 1. The number of primary amides is 1. The zero-order valence-corrected chi connectivity index (χ0v) is 16.2. The average molecular weight is 378 g/mol. The summed E-state index contributed by atoms with van der Waals surface area (Å²) in [6.07, 6.45) is 5.88. The maximum absolute atomic E-state index is 11.6. The molecule has 1 saturated heterocycles. The van der Waals surface area contributed by atoms with Gasteiger partial charge in [0.2, 0.25) is 11.8 Å². The van der Waals surface area contributed by atoms with E-state index in [1.807, 2.05) is 0 Å². The number of carbonyl (C=O) groups excluding carboxylic acids is 2. The monoisotopic (exact) mass is 378 g/mol. The van der Waals surface area contributed by atoms with Crippen LogP contribution in [0.5, 0.6) is 5.88 Å². The Hall–Kier alpha value is -1.99. The number of hydrogen-bond acceptors (Lipinski definition) is 6. The highest BCUT2D eigenvalue weighted by molar-refractivity contribution is 5.81. The molecule has 0 radical (unpaired) electrons. The van der Waals surface area contributed by atoms with Gasteiger partial charge in [-0.3, -0.25) is 9.59 Å². The van der Waals surface area contributed by atoms with Gasteiger partial charge in [0.1, 0.15) is 0 Å². The molecule has 1 aromatic heterocycles. The summed E-state index contributed by atoms with van der Waals surface area (Å²) in [5.41, 5.74) is 5.59. The number of unbranched alkanes of at least 4 members (excludes halogenated alkanes) is 1. The number of aldehydes is 1. The van der Waals surface area contributed by atoms with Crippen molar-refractivity contribution in [2.24, 2.45) is 11.1 Å². The fourth-order valence-electron chi connectivity index (χ4n) is 2.77. The second-order valence-electron chi connectivity index (χ2n) is 7.45. The summed E-state index contributed by atoms with van der Waals surface area (Å²) >= 11 is 0. The Morgan fingerprint density at radius 3 is 2.78 bits per heavy atom. The second-order valence-corrected chi connectivity index (χ2v) is 7.45. The summed E-state index contributed by atoms with van der Waals surface area (Å²) in [6, 6.07) is 3.32. The molecule has 27 heavy (non-hydrogen) atoms. The minimum atomic E-state index is -0.790. The van der Waals surface area contributed by atoms with Crippen molar-refractivity contribution in [2.75, 3.05) is 19.8 Å². The smallest absolute Gasteiger partial charge is 0.223 e. The fraction of sp³-hybridized carbons (Fsp3) is 0.650. The van der Waals surface area contributed by atoms with E-state index in [4.69, 9.17) is 19.9 Å². The van der Waals surface area contributed by atoms with Crippen molar-refractivity contribution in [3.05, 3.63) is 23.4 Å². The average Bonchev–Trinajstić information content (AvgIpc) is 2.65. The number of pyridine rings is 1. The molecule has 2 N–H and O–H groups in total. The largest absolute Gasteiger partial charge is 0.478 e. The van der Waals surface area contributed by atoms with E-state index in [0.717, 1.165) is 45.0 Å². The molecule has 0 aliphatic carbocycles. The van der Waals surface area contributed by atoms with Gasteiger partial charge in [-0.15, -0.1) is 0 Å². The zero-order chi connectivity index (χ0) is 19.7. The molecule has 0 bridgehead atoms. The third kappa shape index (κ3) is 6.92. The van der Waals surface area contributed by atoms with E-state index < -0.39 is 11.3 Å². The Morgan fingerprint density at radius 2 is 2.11 bits per heavy atom. The SMILES string of the molecule is CC(C)(Cc1nc(OCCCCOC2CCCCO2)ccc1C=O)C(N)=O. The summed E-state index contributed by atoms with van der Waals surface area (Å²) in [4.78, 5) is 27.2. The van der Waals surface area contributed by atoms with Crippen molar-refractivity contribution in [1.82, 2.24) is 4.98 Å². The zero-order valence-electron chi connectivity index (χ0n) is 16.2. The molecule has 1 atom stereocenters. The van der Waals surface area contributed by atoms with Crippen LogP contribution in [0, 0.1) is 5.41 Å². The first-order valence-corrected chi connectivity index (χ1v) is 9.53. The summed E-state index contributed by atoms with van der Waals surface area (Å²) < 4.78 is 16.9. The predicted octanol–water partition coefficient (Wildman–Crippen LogP) is 2.65. The highest BCUT2D eigenvalue weighted by Crippen LogP contribution is 2.23. The third-order valence-electron chi connectivity index (χ3n) is 4.62. The van der Waals surface area contributed by atoms with Crippen LogP contribution >= 0.6 is 0 Å². The van der Waals surface area contributed by atoms with E-state index in [9.17, 15) is 9.59 Å². The molecule has 0 saturated carbocycles. The summed E-state index contributed by atoms with van der Waals surface area (Å²) in [5.74, 6) is 0.00168. The minimum absolute atomic E-state index is 0.0617. The van der Waals surface area contributed by atoms with Crippen molar-refractivity contribution in [2.45, 2.75) is 58.7 Å². The number of nitrogens with two attached hydrogens (primary N) is 1. The van der Waals surface area contributed by atoms with Gasteiger partial charge in [-0.05, 0) is 38.2 Å². The van der Waals surface area contributed by atoms with Crippen LogP contribution in [0.1, 0.15) is 62.0 Å². The number of nitrogens with zero attached hydrogens (tertiary/aromatic N) is 1. The molecule has 1 amide bonds. The van der Waals surface area contributed by atoms with Gasteiger partial charge < -0.3 is 19.9 Å². The van der Waals surface area contributed by atoms with Gasteiger partial charge in [0.15, 0.2) is 12.6 Å². The van der Waals surface area contributed by atoms with Crippen LogP contribution in [-0.2, 0) is 20.7 Å². The molecule has 2 heterocycles. The molecule has 0 aromatic carbocycles. The van der Waals surface area contributed by atoms with E-state index in [-0.39, 0.29) is 12.7 Å². The second kappa shape index (κ2) is 10.4. The Bertz CT molecular complexity index is 627. The van der Waals surface area contributed by atoms with Crippen LogP contribution < -0.4 is 10.5 Å². The molecule has 1 aliphatic heterocycles. The van der Waals surface area contributed by atoms with Crippen LogP contribution in [0.25, 0.3) is 0 Å². The van der Waals surface area contributed by atoms with E-state index in [0.29, 0.717) is 30.4 Å². The van der Waals surface area contributed by atoms with E-state index >= 15 is 0 Å². The van der Waals surface area contributed by atoms with Gasteiger partial charge in [-0.1, -0.05) is 13.8 Å². The highest BCUT2D eigenvalue weighted by Gasteiger charge is 2.27. The van der Waals surface area contributed by atoms with Gasteiger partial charge in [0.25, 0.3) is 0 Å². The maximum atomic E-state index is 11.6. The van der Waals surface area contributed by atoms with Gasteiger partial charge >= 0.3 is 0 Å². The van der Waals surface area contributed by atoms with Crippen LogP contribution in [0.2, 0.25) is 0 Å². The molecular weight excluding hydrogens is 348 g/mol. The Kier molecular flexibility index (Phi) is 8.19. The van der Waals surface area contributed by atoms with Crippen molar-refractivity contribution in [1.29, 1.82) is 0 Å². The van der Waals surface area contributed by atoms with Crippen molar-refractivity contribution >= 4 is 12.2 Å². The molecule has 2 rings (SSSR count). The van der Waals surface area contributed by atoms with E-state index in [1.165, 1.54) is 0 Å². The first-order valence-electron chi connectivity index (χ1n) is 9.53. The lowest BCUT2D eigenvalue weighted by atomic mass is 9.86. The number of carbonyl (C=O) groups is 2. The third-order valence-corrected chi connectivity index (χ3v) is 4.62. The Labute approximate surface area is 160 Å². The molecular formula is C20H30N2O5. The lowest BCUT2D eigenvalue weighted by molar-refractivity contribution is -0.162. The number of aromatic nitrogens is 1. The summed E-state index contributed by atoms with van der Waals surface area (Å²) in [6.45, 7) is 5.39. The molecule has 0 spiro atoms. The molecule has 7 heteroatoms. The van der Waals surface area contributed by atoms with Crippen molar-refractivity contribution in [3.63, 3.8) is 0 Å². The minimum Gasteiger partial charge on any atom is -0.478 e. The van der Waals surface area contributed by atoms with Gasteiger partial charge in [0, 0.05) is 36.7 Å². The first-order chi connectivity index (χ1) is 12.9. The molecule has 1 aliphatic rings. The van der Waals surface area contributed by atoms with Crippen LogP contribution in [0.4, 0.5) is 0 Å². The molecule has 1 aromatic rings. The number of amides is 1. The first kappa shape index (κ1) is 21.3. The van der Waals surface area contributed by atoms with Gasteiger partial charge in [-0.25, -0.2) is 4.98 Å². The van der Waals surface area contributed by atoms with Crippen LogP contribution in [-0.4, -0.2) is 43.3 Å². The lowest BCUT2D eigenvalue weighted by Gasteiger charge is -2.22. The van der Waals surface area contributed by atoms with E-state index in [2.05, 4.69) is 4.98 Å². The fourth-order valence-corrected chi connectivity index (χ4v) is 2.77.